The quantitative estimate of drug-likeness (QED) is 0.212. The van der Waals surface area contributed by atoms with Gasteiger partial charge in [-0.1, -0.05) is 6.07 Å². The SMILES string of the molecule is CCOC1OC(C(=O)NCCc2c[nH]c3ccc(OC)cc23)=CC(c2ccc3c(c2)OCO3)C1CCOCCOCCO. The monoisotopic (exact) mass is 596 g/mol. The van der Waals surface area contributed by atoms with Crippen molar-refractivity contribution < 1.29 is 43.1 Å². The number of hydrogen-bond acceptors (Lipinski definition) is 9. The van der Waals surface area contributed by atoms with Crippen LogP contribution >= 0.6 is 0 Å². The normalized spacial score (nSPS) is 19.2. The number of carbonyl (C=O) groups is 1. The third-order valence-corrected chi connectivity index (χ3v) is 7.58. The minimum absolute atomic E-state index is 0.0207. The summed E-state index contributed by atoms with van der Waals surface area (Å²) >= 11 is 0. The standard InChI is InChI=1S/C32H40N2O9/c1-3-40-32-24(9-12-38-14-15-39-13-11-35)25(21-4-7-28-29(16-21)42-20-41-28)18-30(43-32)31(36)33-10-8-22-19-34-27-6-5-23(37-2)17-26(22)27/h4-7,16-19,24-25,32,34-35H,3,8-15,20H2,1-2H3,(H,33,36). The molecule has 0 spiro atoms. The third kappa shape index (κ3) is 7.61. The molecule has 232 valence electrons. The lowest BCUT2D eigenvalue weighted by Crippen LogP contribution is -2.39. The van der Waals surface area contributed by atoms with E-state index in [4.69, 9.17) is 38.3 Å². The minimum Gasteiger partial charge on any atom is -0.497 e. The summed E-state index contributed by atoms with van der Waals surface area (Å²) in [6.45, 7) is 4.45. The van der Waals surface area contributed by atoms with Gasteiger partial charge in [0, 0.05) is 48.7 Å². The summed E-state index contributed by atoms with van der Waals surface area (Å²) in [7, 11) is 1.64. The molecule has 2 aliphatic rings. The molecule has 1 amide bonds. The number of nitrogens with one attached hydrogen (secondary N) is 2. The fourth-order valence-corrected chi connectivity index (χ4v) is 5.43. The number of methoxy groups -OCH3 is 1. The lowest BCUT2D eigenvalue weighted by molar-refractivity contribution is -0.168. The lowest BCUT2D eigenvalue weighted by Gasteiger charge is -2.37. The highest BCUT2D eigenvalue weighted by Crippen LogP contribution is 2.42. The number of aliphatic hydroxyl groups is 1. The Balaban J connectivity index is 1.29. The molecule has 1 aromatic heterocycles. The minimum atomic E-state index is -0.651. The zero-order chi connectivity index (χ0) is 30.0. The Bertz CT molecular complexity index is 1390. The van der Waals surface area contributed by atoms with Gasteiger partial charge in [0.2, 0.25) is 13.1 Å². The molecule has 3 heterocycles. The van der Waals surface area contributed by atoms with Crippen LogP contribution in [0.3, 0.4) is 0 Å². The van der Waals surface area contributed by atoms with Crippen LogP contribution in [0.5, 0.6) is 17.2 Å². The molecule has 0 saturated carbocycles. The van der Waals surface area contributed by atoms with E-state index in [9.17, 15) is 4.79 Å². The van der Waals surface area contributed by atoms with E-state index in [1.807, 2.05) is 55.6 Å². The third-order valence-electron chi connectivity index (χ3n) is 7.58. The molecule has 11 nitrogen and oxygen atoms in total. The highest BCUT2D eigenvalue weighted by atomic mass is 16.7. The number of rotatable bonds is 16. The van der Waals surface area contributed by atoms with E-state index >= 15 is 0 Å². The molecule has 11 heteroatoms. The van der Waals surface area contributed by atoms with Gasteiger partial charge < -0.3 is 48.6 Å². The second kappa shape index (κ2) is 15.1. The summed E-state index contributed by atoms with van der Waals surface area (Å²) in [6.07, 6.45) is 4.43. The van der Waals surface area contributed by atoms with E-state index in [1.54, 1.807) is 7.11 Å². The van der Waals surface area contributed by atoms with Crippen molar-refractivity contribution in [3.05, 3.63) is 65.6 Å². The van der Waals surface area contributed by atoms with Crippen LogP contribution in [0, 0.1) is 5.92 Å². The maximum absolute atomic E-state index is 13.4. The molecule has 0 saturated heterocycles. The van der Waals surface area contributed by atoms with Gasteiger partial charge in [0.25, 0.3) is 5.91 Å². The molecule has 0 bridgehead atoms. The maximum atomic E-state index is 13.4. The number of H-pyrrole nitrogens is 1. The zero-order valence-electron chi connectivity index (χ0n) is 24.6. The van der Waals surface area contributed by atoms with Gasteiger partial charge in [-0.2, -0.15) is 0 Å². The van der Waals surface area contributed by atoms with E-state index in [0.717, 1.165) is 27.8 Å². The lowest BCUT2D eigenvalue weighted by atomic mass is 9.81. The van der Waals surface area contributed by atoms with Crippen molar-refractivity contribution in [2.45, 2.75) is 32.0 Å². The summed E-state index contributed by atoms with van der Waals surface area (Å²) in [5.74, 6) is 1.73. The van der Waals surface area contributed by atoms with Crippen molar-refractivity contribution in [2.24, 2.45) is 5.92 Å². The molecule has 0 radical (unpaired) electrons. The number of aromatic nitrogens is 1. The van der Waals surface area contributed by atoms with E-state index in [-0.39, 0.29) is 43.5 Å². The average Bonchev–Trinajstić information content (AvgIpc) is 3.67. The van der Waals surface area contributed by atoms with Gasteiger partial charge in [-0.3, -0.25) is 4.79 Å². The van der Waals surface area contributed by atoms with Gasteiger partial charge >= 0.3 is 0 Å². The molecule has 2 aromatic carbocycles. The van der Waals surface area contributed by atoms with Crippen molar-refractivity contribution in [3.8, 4) is 17.2 Å². The number of amides is 1. The number of ether oxygens (including phenoxy) is 7. The Labute approximate surface area is 251 Å². The smallest absolute Gasteiger partial charge is 0.286 e. The first-order valence-electron chi connectivity index (χ1n) is 14.7. The first kappa shape index (κ1) is 30.7. The van der Waals surface area contributed by atoms with Crippen LogP contribution in [0.15, 0.2) is 54.4 Å². The molecule has 0 fully saturated rings. The highest BCUT2D eigenvalue weighted by molar-refractivity contribution is 5.92. The fourth-order valence-electron chi connectivity index (χ4n) is 5.43. The Hall–Kier alpha value is -3.77. The molecule has 2 aliphatic heterocycles. The van der Waals surface area contributed by atoms with Crippen LogP contribution in [0.4, 0.5) is 0 Å². The van der Waals surface area contributed by atoms with Crippen LogP contribution in [0.25, 0.3) is 10.9 Å². The van der Waals surface area contributed by atoms with E-state index in [1.165, 1.54) is 0 Å². The number of hydrogen-bond donors (Lipinski definition) is 3. The number of allylic oxidation sites excluding steroid dienone is 1. The second-order valence-corrected chi connectivity index (χ2v) is 10.2. The van der Waals surface area contributed by atoms with Crippen LogP contribution in [0.1, 0.15) is 30.4 Å². The topological polar surface area (TPSA) is 130 Å². The Morgan fingerprint density at radius 2 is 1.91 bits per heavy atom. The van der Waals surface area contributed by atoms with Crippen molar-refractivity contribution in [3.63, 3.8) is 0 Å². The second-order valence-electron chi connectivity index (χ2n) is 10.2. The van der Waals surface area contributed by atoms with E-state index in [0.29, 0.717) is 57.3 Å². The molecule has 43 heavy (non-hydrogen) atoms. The van der Waals surface area contributed by atoms with Crippen LogP contribution in [0.2, 0.25) is 0 Å². The predicted molar refractivity (Wildman–Crippen MR) is 158 cm³/mol. The van der Waals surface area contributed by atoms with Crippen LogP contribution in [-0.2, 0) is 30.2 Å². The molecule has 0 aliphatic carbocycles. The van der Waals surface area contributed by atoms with Gasteiger partial charge in [-0.05, 0) is 67.3 Å². The van der Waals surface area contributed by atoms with Crippen molar-refractivity contribution in [1.82, 2.24) is 10.3 Å². The van der Waals surface area contributed by atoms with Crippen LogP contribution in [-0.4, -0.2) is 82.4 Å². The highest BCUT2D eigenvalue weighted by Gasteiger charge is 2.38. The Morgan fingerprint density at radius 1 is 1.07 bits per heavy atom. The zero-order valence-corrected chi connectivity index (χ0v) is 24.6. The summed E-state index contributed by atoms with van der Waals surface area (Å²) in [6, 6.07) is 11.7. The molecule has 3 atom stereocenters. The van der Waals surface area contributed by atoms with Crippen molar-refractivity contribution in [1.29, 1.82) is 0 Å². The molecule has 3 unspecified atom stereocenters. The van der Waals surface area contributed by atoms with E-state index in [2.05, 4.69) is 10.3 Å². The molecule has 5 rings (SSSR count). The number of fused-ring (bicyclic) bond motifs is 2. The summed E-state index contributed by atoms with van der Waals surface area (Å²) < 4.78 is 39.8. The first-order chi connectivity index (χ1) is 21.1. The number of aliphatic hydroxyl groups excluding tert-OH is 1. The predicted octanol–water partition coefficient (Wildman–Crippen LogP) is 3.66. The molecule has 3 aromatic rings. The maximum Gasteiger partial charge on any atom is 0.286 e. The fraction of sp³-hybridized carbons (Fsp3) is 0.469. The first-order valence-corrected chi connectivity index (χ1v) is 14.7. The van der Waals surface area contributed by atoms with Crippen LogP contribution < -0.4 is 19.5 Å². The summed E-state index contributed by atoms with van der Waals surface area (Å²) in [5.41, 5.74) is 3.06. The van der Waals surface area contributed by atoms with Crippen molar-refractivity contribution >= 4 is 16.8 Å². The number of benzene rings is 2. The Morgan fingerprint density at radius 3 is 2.72 bits per heavy atom. The molecular weight excluding hydrogens is 556 g/mol. The number of carbonyl (C=O) groups excluding carboxylic acids is 1. The van der Waals surface area contributed by atoms with Gasteiger partial charge in [-0.25, -0.2) is 0 Å². The molecule has 3 N–H and O–H groups in total. The van der Waals surface area contributed by atoms with Gasteiger partial charge in [-0.15, -0.1) is 0 Å². The van der Waals surface area contributed by atoms with Gasteiger partial charge in [0.1, 0.15) is 5.75 Å². The molecular formula is C32H40N2O9. The van der Waals surface area contributed by atoms with Gasteiger partial charge in [0.05, 0.1) is 33.5 Å². The number of aromatic amines is 1. The van der Waals surface area contributed by atoms with Gasteiger partial charge in [0.15, 0.2) is 17.3 Å². The summed E-state index contributed by atoms with van der Waals surface area (Å²) in [4.78, 5) is 16.7. The largest absolute Gasteiger partial charge is 0.497 e. The summed E-state index contributed by atoms with van der Waals surface area (Å²) in [5, 5.41) is 13.0. The van der Waals surface area contributed by atoms with Crippen molar-refractivity contribution in [2.75, 3.05) is 60.1 Å². The van der Waals surface area contributed by atoms with E-state index < -0.39 is 6.29 Å². The average molecular weight is 597 g/mol. The Kier molecular flexibility index (Phi) is 10.8.